The van der Waals surface area contributed by atoms with Crippen molar-refractivity contribution in [2.24, 2.45) is 0 Å². The van der Waals surface area contributed by atoms with Gasteiger partial charge in [-0.1, -0.05) is 18.2 Å². The zero-order valence-corrected chi connectivity index (χ0v) is 13.1. The van der Waals surface area contributed by atoms with Crippen LogP contribution < -0.4 is 5.32 Å². The molecule has 1 amide bonds. The summed E-state index contributed by atoms with van der Waals surface area (Å²) in [6.07, 6.45) is 2.96. The number of aryl methyl sites for hydroxylation is 1. The minimum absolute atomic E-state index is 0.0859. The summed E-state index contributed by atoms with van der Waals surface area (Å²) in [6, 6.07) is 15.7. The van der Waals surface area contributed by atoms with Crippen LogP contribution in [0.1, 0.15) is 16.8 Å². The summed E-state index contributed by atoms with van der Waals surface area (Å²) in [7, 11) is 0. The highest BCUT2D eigenvalue weighted by Gasteiger charge is 2.07. The van der Waals surface area contributed by atoms with Gasteiger partial charge in [-0.3, -0.25) is 4.79 Å². The van der Waals surface area contributed by atoms with E-state index in [1.807, 2.05) is 12.1 Å². The second kappa shape index (κ2) is 6.16. The van der Waals surface area contributed by atoms with E-state index < -0.39 is 0 Å². The van der Waals surface area contributed by atoms with Crippen LogP contribution in [0.2, 0.25) is 0 Å². The molecule has 0 spiro atoms. The van der Waals surface area contributed by atoms with Gasteiger partial charge in [0.15, 0.2) is 0 Å². The van der Waals surface area contributed by atoms with Crippen LogP contribution in [0.3, 0.4) is 0 Å². The quantitative estimate of drug-likeness (QED) is 0.555. The van der Waals surface area contributed by atoms with Gasteiger partial charge in [0.2, 0.25) is 0 Å². The summed E-state index contributed by atoms with van der Waals surface area (Å²) in [4.78, 5) is 12.2. The maximum Gasteiger partial charge on any atom is 0.251 e. The number of carbonyl (C=O) groups excluding carboxylic acids is 1. The Morgan fingerprint density at radius 1 is 1.08 bits per heavy atom. The van der Waals surface area contributed by atoms with Gasteiger partial charge in [-0.2, -0.15) is 15.4 Å². The average Bonchev–Trinajstić information content (AvgIpc) is 3.24. The van der Waals surface area contributed by atoms with E-state index in [0.29, 0.717) is 17.6 Å². The Balaban J connectivity index is 1.34. The molecular weight excluding hydrogens is 302 g/mol. The molecule has 2 aromatic heterocycles. The van der Waals surface area contributed by atoms with Gasteiger partial charge in [-0.05, 0) is 42.1 Å². The van der Waals surface area contributed by atoms with Crippen LogP contribution in [0.4, 0.5) is 0 Å². The Kier molecular flexibility index (Phi) is 3.70. The second-order valence-corrected chi connectivity index (χ2v) is 5.70. The first-order chi connectivity index (χ1) is 11.8. The SMILES string of the molecule is O=C(NCCCn1ccc2ccccc21)c1ccc2n[nH]nc2c1. The van der Waals surface area contributed by atoms with Crippen molar-refractivity contribution in [2.45, 2.75) is 13.0 Å². The standard InChI is InChI=1S/C18H17N5O/c24-18(14-6-7-15-16(12-14)21-22-20-15)19-9-3-10-23-11-8-13-4-1-2-5-17(13)23/h1-2,4-8,11-12H,3,9-10H2,(H,19,24)(H,20,21,22). The van der Waals surface area contributed by atoms with Crippen LogP contribution in [0.5, 0.6) is 0 Å². The molecule has 0 aliphatic heterocycles. The summed E-state index contributed by atoms with van der Waals surface area (Å²) in [5.41, 5.74) is 3.27. The number of para-hydroxylation sites is 1. The van der Waals surface area contributed by atoms with Gasteiger partial charge in [0.05, 0.1) is 0 Å². The first-order valence-electron chi connectivity index (χ1n) is 7.94. The van der Waals surface area contributed by atoms with Crippen molar-refractivity contribution in [3.05, 3.63) is 60.3 Å². The number of nitrogens with one attached hydrogen (secondary N) is 2. The molecule has 0 unspecified atom stereocenters. The largest absolute Gasteiger partial charge is 0.352 e. The molecule has 2 aromatic carbocycles. The lowest BCUT2D eigenvalue weighted by Crippen LogP contribution is -2.25. The molecule has 2 N–H and O–H groups in total. The summed E-state index contributed by atoms with van der Waals surface area (Å²) in [5, 5.41) is 14.7. The highest BCUT2D eigenvalue weighted by molar-refractivity contribution is 5.97. The number of carbonyl (C=O) groups is 1. The number of fused-ring (bicyclic) bond motifs is 2. The normalized spacial score (nSPS) is 11.2. The molecular formula is C18H17N5O. The Bertz CT molecular complexity index is 1000. The van der Waals surface area contributed by atoms with E-state index >= 15 is 0 Å². The van der Waals surface area contributed by atoms with Crippen LogP contribution in [0.15, 0.2) is 54.7 Å². The summed E-state index contributed by atoms with van der Waals surface area (Å²) in [6.45, 7) is 1.50. The lowest BCUT2D eigenvalue weighted by atomic mass is 10.2. The highest BCUT2D eigenvalue weighted by Crippen LogP contribution is 2.15. The molecule has 0 aliphatic carbocycles. The molecule has 6 nitrogen and oxygen atoms in total. The molecule has 2 heterocycles. The molecule has 120 valence electrons. The first-order valence-corrected chi connectivity index (χ1v) is 7.94. The van der Waals surface area contributed by atoms with E-state index in [2.05, 4.69) is 49.7 Å². The number of hydrogen-bond acceptors (Lipinski definition) is 3. The zero-order valence-electron chi connectivity index (χ0n) is 13.1. The molecule has 4 rings (SSSR count). The number of hydrogen-bond donors (Lipinski definition) is 2. The summed E-state index contributed by atoms with van der Waals surface area (Å²) in [5.74, 6) is -0.0859. The van der Waals surface area contributed by atoms with E-state index in [4.69, 9.17) is 0 Å². The van der Waals surface area contributed by atoms with Gasteiger partial charge in [0.1, 0.15) is 11.0 Å². The fraction of sp³-hybridized carbons (Fsp3) is 0.167. The minimum Gasteiger partial charge on any atom is -0.352 e. The number of amides is 1. The Hall–Kier alpha value is -3.15. The van der Waals surface area contributed by atoms with E-state index in [1.165, 1.54) is 10.9 Å². The molecule has 0 fully saturated rings. The van der Waals surface area contributed by atoms with Crippen molar-refractivity contribution < 1.29 is 4.79 Å². The zero-order chi connectivity index (χ0) is 16.4. The molecule has 0 saturated carbocycles. The van der Waals surface area contributed by atoms with Crippen molar-refractivity contribution in [2.75, 3.05) is 6.54 Å². The molecule has 0 saturated heterocycles. The van der Waals surface area contributed by atoms with Crippen molar-refractivity contribution in [3.63, 3.8) is 0 Å². The Labute approximate surface area is 138 Å². The summed E-state index contributed by atoms with van der Waals surface area (Å²) >= 11 is 0. The lowest BCUT2D eigenvalue weighted by molar-refractivity contribution is 0.0953. The molecule has 24 heavy (non-hydrogen) atoms. The molecule has 4 aromatic rings. The average molecular weight is 319 g/mol. The van der Waals surface area contributed by atoms with E-state index in [1.54, 1.807) is 18.2 Å². The van der Waals surface area contributed by atoms with Gasteiger partial charge in [0, 0.05) is 30.4 Å². The van der Waals surface area contributed by atoms with Crippen molar-refractivity contribution >= 4 is 27.8 Å². The highest BCUT2D eigenvalue weighted by atomic mass is 16.1. The van der Waals surface area contributed by atoms with Gasteiger partial charge in [-0.15, -0.1) is 0 Å². The Morgan fingerprint density at radius 2 is 1.96 bits per heavy atom. The predicted octanol–water partition coefficient (Wildman–Crippen LogP) is 2.73. The van der Waals surface area contributed by atoms with E-state index in [9.17, 15) is 4.79 Å². The maximum absolute atomic E-state index is 12.2. The van der Waals surface area contributed by atoms with Gasteiger partial charge in [-0.25, -0.2) is 0 Å². The van der Waals surface area contributed by atoms with Crippen molar-refractivity contribution in [1.82, 2.24) is 25.3 Å². The monoisotopic (exact) mass is 319 g/mol. The summed E-state index contributed by atoms with van der Waals surface area (Å²) < 4.78 is 2.21. The fourth-order valence-corrected chi connectivity index (χ4v) is 2.87. The third kappa shape index (κ3) is 2.74. The van der Waals surface area contributed by atoms with Crippen LogP contribution in [-0.2, 0) is 6.54 Å². The maximum atomic E-state index is 12.2. The number of aromatic nitrogens is 4. The number of nitrogens with zero attached hydrogens (tertiary/aromatic N) is 3. The number of benzene rings is 2. The molecule has 6 heteroatoms. The lowest BCUT2D eigenvalue weighted by Gasteiger charge is -2.07. The third-order valence-corrected chi connectivity index (χ3v) is 4.12. The van der Waals surface area contributed by atoms with Crippen LogP contribution >= 0.6 is 0 Å². The minimum atomic E-state index is -0.0859. The topological polar surface area (TPSA) is 75.6 Å². The van der Waals surface area contributed by atoms with Gasteiger partial charge < -0.3 is 9.88 Å². The predicted molar refractivity (Wildman–Crippen MR) is 92.8 cm³/mol. The van der Waals surface area contributed by atoms with Crippen molar-refractivity contribution in [3.8, 4) is 0 Å². The third-order valence-electron chi connectivity index (χ3n) is 4.12. The van der Waals surface area contributed by atoms with E-state index in [-0.39, 0.29) is 5.91 Å². The molecule has 0 aliphatic rings. The van der Waals surface area contributed by atoms with Crippen LogP contribution in [-0.4, -0.2) is 32.4 Å². The second-order valence-electron chi connectivity index (χ2n) is 5.70. The number of H-pyrrole nitrogens is 1. The van der Waals surface area contributed by atoms with Gasteiger partial charge in [0.25, 0.3) is 5.91 Å². The molecule has 0 bridgehead atoms. The van der Waals surface area contributed by atoms with Crippen LogP contribution in [0, 0.1) is 0 Å². The number of rotatable bonds is 5. The molecule has 0 radical (unpaired) electrons. The van der Waals surface area contributed by atoms with E-state index in [0.717, 1.165) is 18.5 Å². The van der Waals surface area contributed by atoms with Gasteiger partial charge >= 0.3 is 0 Å². The molecule has 0 atom stereocenters. The fourth-order valence-electron chi connectivity index (χ4n) is 2.87. The Morgan fingerprint density at radius 3 is 2.92 bits per heavy atom. The first kappa shape index (κ1) is 14.4. The number of aromatic amines is 1. The van der Waals surface area contributed by atoms with Crippen LogP contribution in [0.25, 0.3) is 21.9 Å². The van der Waals surface area contributed by atoms with Crippen molar-refractivity contribution in [1.29, 1.82) is 0 Å². The smallest absolute Gasteiger partial charge is 0.251 e.